The molecule has 1 aliphatic carbocycles. The minimum Gasteiger partial charge on any atom is -0.0683 e. The van der Waals surface area contributed by atoms with Crippen molar-refractivity contribution in [2.75, 3.05) is 0 Å². The SMILES string of the molecule is CC.CCCCCC1CCCC(C)C1C. The van der Waals surface area contributed by atoms with Gasteiger partial charge in [-0.05, 0) is 17.8 Å². The van der Waals surface area contributed by atoms with Gasteiger partial charge in [0.15, 0.2) is 0 Å². The summed E-state index contributed by atoms with van der Waals surface area (Å²) in [5.41, 5.74) is 0. The third kappa shape index (κ3) is 5.58. The Morgan fingerprint density at radius 3 is 2.27 bits per heavy atom. The lowest BCUT2D eigenvalue weighted by Crippen LogP contribution is -2.23. The minimum absolute atomic E-state index is 0.986. The van der Waals surface area contributed by atoms with E-state index in [-0.39, 0.29) is 0 Å². The normalized spacial score (nSPS) is 30.6. The molecule has 0 heterocycles. The van der Waals surface area contributed by atoms with Gasteiger partial charge >= 0.3 is 0 Å². The quantitative estimate of drug-likeness (QED) is 0.527. The van der Waals surface area contributed by atoms with E-state index in [1.54, 1.807) is 0 Å². The van der Waals surface area contributed by atoms with Gasteiger partial charge in [-0.25, -0.2) is 0 Å². The summed E-state index contributed by atoms with van der Waals surface area (Å²) in [4.78, 5) is 0. The summed E-state index contributed by atoms with van der Waals surface area (Å²) in [5.74, 6) is 3.03. The monoisotopic (exact) mass is 212 g/mol. The van der Waals surface area contributed by atoms with Gasteiger partial charge < -0.3 is 0 Å². The molecule has 0 amide bonds. The van der Waals surface area contributed by atoms with Gasteiger partial charge in [-0.3, -0.25) is 0 Å². The molecule has 0 aromatic heterocycles. The Bertz CT molecular complexity index is 128. The number of hydrogen-bond acceptors (Lipinski definition) is 0. The van der Waals surface area contributed by atoms with Crippen LogP contribution < -0.4 is 0 Å². The summed E-state index contributed by atoms with van der Waals surface area (Å²) in [6.45, 7) is 11.2. The summed E-state index contributed by atoms with van der Waals surface area (Å²) in [6.07, 6.45) is 10.3. The average molecular weight is 212 g/mol. The van der Waals surface area contributed by atoms with Gasteiger partial charge in [-0.15, -0.1) is 0 Å². The zero-order valence-electron chi connectivity index (χ0n) is 11.7. The van der Waals surface area contributed by atoms with Gasteiger partial charge in [0.25, 0.3) is 0 Å². The predicted molar refractivity (Wildman–Crippen MR) is 71.2 cm³/mol. The van der Waals surface area contributed by atoms with Crippen LogP contribution in [0.25, 0.3) is 0 Å². The molecular formula is C15H32. The molecule has 3 unspecified atom stereocenters. The molecule has 0 aliphatic heterocycles. The lowest BCUT2D eigenvalue weighted by Gasteiger charge is -2.34. The fourth-order valence-electron chi connectivity index (χ4n) is 2.76. The molecule has 0 saturated heterocycles. The third-order valence-electron chi connectivity index (χ3n) is 4.05. The molecule has 1 aliphatic rings. The minimum atomic E-state index is 0.986. The Balaban J connectivity index is 0.000000921. The Hall–Kier alpha value is 0. The second-order valence-corrected chi connectivity index (χ2v) is 5.02. The van der Waals surface area contributed by atoms with E-state index in [2.05, 4.69) is 20.8 Å². The van der Waals surface area contributed by atoms with Crippen molar-refractivity contribution in [3.63, 3.8) is 0 Å². The molecule has 0 heteroatoms. The molecule has 92 valence electrons. The first kappa shape index (κ1) is 15.0. The van der Waals surface area contributed by atoms with Crippen LogP contribution in [0, 0.1) is 17.8 Å². The van der Waals surface area contributed by atoms with E-state index in [9.17, 15) is 0 Å². The standard InChI is InChI=1S/C13H26.C2H6/c1-4-5-6-9-13-10-7-8-11(2)12(13)3;1-2/h11-13H,4-10H2,1-3H3;1-2H3. The zero-order valence-corrected chi connectivity index (χ0v) is 11.7. The summed E-state index contributed by atoms with van der Waals surface area (Å²) >= 11 is 0. The summed E-state index contributed by atoms with van der Waals surface area (Å²) in [6, 6.07) is 0. The van der Waals surface area contributed by atoms with Gasteiger partial charge in [0.2, 0.25) is 0 Å². The van der Waals surface area contributed by atoms with Crippen molar-refractivity contribution in [1.82, 2.24) is 0 Å². The van der Waals surface area contributed by atoms with Gasteiger partial charge in [0, 0.05) is 0 Å². The number of rotatable bonds is 4. The lowest BCUT2D eigenvalue weighted by atomic mass is 9.72. The first-order chi connectivity index (χ1) is 7.25. The van der Waals surface area contributed by atoms with Crippen molar-refractivity contribution in [3.8, 4) is 0 Å². The van der Waals surface area contributed by atoms with E-state index in [1.807, 2.05) is 13.8 Å². The molecule has 3 atom stereocenters. The predicted octanol–water partition coefficient (Wildman–Crippen LogP) is 5.67. The number of hydrogen-bond donors (Lipinski definition) is 0. The van der Waals surface area contributed by atoms with Crippen molar-refractivity contribution >= 4 is 0 Å². The highest BCUT2D eigenvalue weighted by Gasteiger charge is 2.26. The van der Waals surface area contributed by atoms with E-state index in [0.29, 0.717) is 0 Å². The topological polar surface area (TPSA) is 0 Å². The van der Waals surface area contributed by atoms with E-state index in [0.717, 1.165) is 17.8 Å². The molecule has 1 rings (SSSR count). The number of unbranched alkanes of at least 4 members (excludes halogenated alkanes) is 2. The van der Waals surface area contributed by atoms with Crippen molar-refractivity contribution in [3.05, 3.63) is 0 Å². The Morgan fingerprint density at radius 1 is 1.00 bits per heavy atom. The highest BCUT2D eigenvalue weighted by Crippen LogP contribution is 2.36. The highest BCUT2D eigenvalue weighted by molar-refractivity contribution is 4.76. The summed E-state index contributed by atoms with van der Waals surface area (Å²) < 4.78 is 0. The van der Waals surface area contributed by atoms with Gasteiger partial charge in [-0.2, -0.15) is 0 Å². The van der Waals surface area contributed by atoms with Crippen molar-refractivity contribution in [1.29, 1.82) is 0 Å². The first-order valence-corrected chi connectivity index (χ1v) is 7.25. The van der Waals surface area contributed by atoms with Crippen LogP contribution in [0.15, 0.2) is 0 Å². The van der Waals surface area contributed by atoms with Crippen LogP contribution in [0.2, 0.25) is 0 Å². The zero-order chi connectivity index (χ0) is 11.7. The molecular weight excluding hydrogens is 180 g/mol. The summed E-state index contributed by atoms with van der Waals surface area (Å²) in [7, 11) is 0. The van der Waals surface area contributed by atoms with Crippen LogP contribution in [0.1, 0.15) is 79.6 Å². The second-order valence-electron chi connectivity index (χ2n) is 5.02. The highest BCUT2D eigenvalue weighted by atomic mass is 14.3. The van der Waals surface area contributed by atoms with Crippen molar-refractivity contribution in [2.24, 2.45) is 17.8 Å². The average Bonchev–Trinajstić information content (AvgIpc) is 2.27. The maximum absolute atomic E-state index is 2.47. The van der Waals surface area contributed by atoms with Gasteiger partial charge in [0.05, 0.1) is 0 Å². The lowest BCUT2D eigenvalue weighted by molar-refractivity contribution is 0.169. The smallest absolute Gasteiger partial charge is 0.0386 e. The molecule has 0 aromatic rings. The molecule has 0 radical (unpaired) electrons. The maximum atomic E-state index is 2.47. The van der Waals surface area contributed by atoms with Crippen LogP contribution in [-0.4, -0.2) is 0 Å². The maximum Gasteiger partial charge on any atom is -0.0386 e. The van der Waals surface area contributed by atoms with Crippen molar-refractivity contribution < 1.29 is 0 Å². The van der Waals surface area contributed by atoms with Crippen molar-refractivity contribution in [2.45, 2.75) is 79.6 Å². The first-order valence-electron chi connectivity index (χ1n) is 7.25. The molecule has 15 heavy (non-hydrogen) atoms. The molecule has 1 saturated carbocycles. The Kier molecular flexibility index (Phi) is 9.24. The molecule has 1 fully saturated rings. The Morgan fingerprint density at radius 2 is 1.67 bits per heavy atom. The molecule has 0 bridgehead atoms. The Labute approximate surface area is 97.8 Å². The third-order valence-corrected chi connectivity index (χ3v) is 4.05. The molecule has 0 N–H and O–H groups in total. The van der Waals surface area contributed by atoms with Gasteiger partial charge in [-0.1, -0.05) is 79.6 Å². The van der Waals surface area contributed by atoms with E-state index >= 15 is 0 Å². The molecule has 0 aromatic carbocycles. The van der Waals surface area contributed by atoms with Crippen LogP contribution >= 0.6 is 0 Å². The summed E-state index contributed by atoms with van der Waals surface area (Å²) in [5, 5.41) is 0. The van der Waals surface area contributed by atoms with E-state index in [4.69, 9.17) is 0 Å². The van der Waals surface area contributed by atoms with Crippen LogP contribution in [0.3, 0.4) is 0 Å². The van der Waals surface area contributed by atoms with Crippen LogP contribution in [0.4, 0.5) is 0 Å². The van der Waals surface area contributed by atoms with E-state index in [1.165, 1.54) is 44.9 Å². The fourth-order valence-corrected chi connectivity index (χ4v) is 2.76. The largest absolute Gasteiger partial charge is 0.0683 e. The van der Waals surface area contributed by atoms with Crippen LogP contribution in [0.5, 0.6) is 0 Å². The fraction of sp³-hybridized carbons (Fsp3) is 1.00. The molecule has 0 nitrogen and oxygen atoms in total. The second kappa shape index (κ2) is 9.24. The van der Waals surface area contributed by atoms with Crippen LogP contribution in [-0.2, 0) is 0 Å². The van der Waals surface area contributed by atoms with E-state index < -0.39 is 0 Å². The van der Waals surface area contributed by atoms with Gasteiger partial charge in [0.1, 0.15) is 0 Å². The molecule has 0 spiro atoms.